The van der Waals surface area contributed by atoms with Crippen molar-refractivity contribution in [3.63, 3.8) is 0 Å². The lowest BCUT2D eigenvalue weighted by Crippen LogP contribution is -2.14. The van der Waals surface area contributed by atoms with E-state index in [2.05, 4.69) is 4.99 Å². The number of hydrogen-bond donors (Lipinski definition) is 2. The highest BCUT2D eigenvalue weighted by molar-refractivity contribution is 5.93. The Balaban J connectivity index is 2.95. The maximum atomic E-state index is 12.9. The molecule has 0 spiro atoms. The first-order chi connectivity index (χ1) is 7.90. The summed E-state index contributed by atoms with van der Waals surface area (Å²) in [7, 11) is 0. The molecular weight excluding hydrogens is 224 g/mol. The molecule has 0 amide bonds. The van der Waals surface area contributed by atoms with Gasteiger partial charge in [-0.05, 0) is 24.1 Å². The standard InChI is InChI=1S/C12H15F2N3/c1-7(2)11(15)6-12(16)17-8-3-4-9(13)10(14)5-8/h3-7H,15H2,1-2H3,(H2,16,17). The molecule has 4 N–H and O–H groups in total. The SMILES string of the molecule is CC(C)C(N)=CC(N)=Nc1ccc(F)c(F)c1. The topological polar surface area (TPSA) is 64.4 Å². The molecule has 5 heteroatoms. The third-order valence-corrected chi connectivity index (χ3v) is 2.14. The predicted molar refractivity (Wildman–Crippen MR) is 64.7 cm³/mol. The van der Waals surface area contributed by atoms with Crippen LogP contribution in [-0.2, 0) is 0 Å². The fraction of sp³-hybridized carbons (Fsp3) is 0.250. The van der Waals surface area contributed by atoms with E-state index in [-0.39, 0.29) is 17.4 Å². The molecule has 0 bridgehead atoms. The van der Waals surface area contributed by atoms with Crippen LogP contribution in [0.15, 0.2) is 35.0 Å². The third-order valence-electron chi connectivity index (χ3n) is 2.14. The molecule has 0 fully saturated rings. The van der Waals surface area contributed by atoms with Crippen molar-refractivity contribution < 1.29 is 8.78 Å². The fourth-order valence-corrected chi connectivity index (χ4v) is 1.07. The number of nitrogens with two attached hydrogens (primary N) is 2. The van der Waals surface area contributed by atoms with Crippen molar-refractivity contribution in [2.24, 2.45) is 22.4 Å². The van der Waals surface area contributed by atoms with E-state index in [1.165, 1.54) is 12.1 Å². The van der Waals surface area contributed by atoms with Crippen molar-refractivity contribution in [2.45, 2.75) is 13.8 Å². The van der Waals surface area contributed by atoms with Crippen molar-refractivity contribution in [2.75, 3.05) is 0 Å². The van der Waals surface area contributed by atoms with Gasteiger partial charge in [0.15, 0.2) is 11.6 Å². The lowest BCUT2D eigenvalue weighted by Gasteiger charge is -2.04. The molecule has 1 aromatic rings. The molecule has 0 saturated carbocycles. The minimum absolute atomic E-state index is 0.147. The number of rotatable bonds is 3. The normalized spacial score (nSPS) is 13.2. The largest absolute Gasteiger partial charge is 0.402 e. The molecule has 0 aliphatic rings. The van der Waals surface area contributed by atoms with Crippen LogP contribution < -0.4 is 11.5 Å². The second kappa shape index (κ2) is 5.43. The minimum atomic E-state index is -0.958. The van der Waals surface area contributed by atoms with E-state index in [0.29, 0.717) is 5.70 Å². The van der Waals surface area contributed by atoms with Crippen LogP contribution in [0.25, 0.3) is 0 Å². The molecule has 0 aromatic heterocycles. The smallest absolute Gasteiger partial charge is 0.160 e. The Hall–Kier alpha value is -1.91. The zero-order valence-corrected chi connectivity index (χ0v) is 9.74. The average molecular weight is 239 g/mol. The average Bonchev–Trinajstić information content (AvgIpc) is 2.23. The van der Waals surface area contributed by atoms with Gasteiger partial charge in [-0.2, -0.15) is 0 Å². The molecular formula is C12H15F2N3. The maximum Gasteiger partial charge on any atom is 0.160 e. The Kier molecular flexibility index (Phi) is 4.20. The van der Waals surface area contributed by atoms with Crippen molar-refractivity contribution >= 4 is 11.5 Å². The first kappa shape index (κ1) is 13.2. The molecule has 1 aromatic carbocycles. The summed E-state index contributed by atoms with van der Waals surface area (Å²) in [6, 6.07) is 3.31. The number of hydrogen-bond acceptors (Lipinski definition) is 2. The van der Waals surface area contributed by atoms with Crippen molar-refractivity contribution in [3.8, 4) is 0 Å². The van der Waals surface area contributed by atoms with E-state index in [1.807, 2.05) is 13.8 Å². The lowest BCUT2D eigenvalue weighted by molar-refractivity contribution is 0.509. The highest BCUT2D eigenvalue weighted by Crippen LogP contribution is 2.16. The zero-order chi connectivity index (χ0) is 13.0. The number of aliphatic imine (C=N–C) groups is 1. The van der Waals surface area contributed by atoms with Crippen molar-refractivity contribution in [3.05, 3.63) is 41.6 Å². The number of benzene rings is 1. The van der Waals surface area contributed by atoms with Gasteiger partial charge in [0.2, 0.25) is 0 Å². The monoisotopic (exact) mass is 239 g/mol. The lowest BCUT2D eigenvalue weighted by atomic mass is 10.1. The van der Waals surface area contributed by atoms with E-state index in [4.69, 9.17) is 11.5 Å². The maximum absolute atomic E-state index is 12.9. The number of nitrogens with zero attached hydrogens (tertiary/aromatic N) is 1. The van der Waals surface area contributed by atoms with E-state index < -0.39 is 11.6 Å². The summed E-state index contributed by atoms with van der Waals surface area (Å²) in [4.78, 5) is 3.91. The van der Waals surface area contributed by atoms with Crippen LogP contribution >= 0.6 is 0 Å². The summed E-state index contributed by atoms with van der Waals surface area (Å²) in [6.07, 6.45) is 1.51. The molecule has 0 unspecified atom stereocenters. The van der Waals surface area contributed by atoms with Gasteiger partial charge in [-0.1, -0.05) is 13.8 Å². The summed E-state index contributed by atoms with van der Waals surface area (Å²) in [6.45, 7) is 3.83. The Morgan fingerprint density at radius 3 is 2.41 bits per heavy atom. The number of allylic oxidation sites excluding steroid dienone is 1. The summed E-state index contributed by atoms with van der Waals surface area (Å²) < 4.78 is 25.6. The Morgan fingerprint density at radius 2 is 1.88 bits per heavy atom. The second-order valence-electron chi connectivity index (χ2n) is 3.93. The third kappa shape index (κ3) is 3.86. The second-order valence-corrected chi connectivity index (χ2v) is 3.93. The van der Waals surface area contributed by atoms with Crippen LogP contribution in [0.1, 0.15) is 13.8 Å². The summed E-state index contributed by atoms with van der Waals surface area (Å²) in [5.74, 6) is -1.57. The predicted octanol–water partition coefficient (Wildman–Crippen LogP) is 2.45. The van der Waals surface area contributed by atoms with E-state index in [1.54, 1.807) is 0 Å². The van der Waals surface area contributed by atoms with Gasteiger partial charge in [-0.25, -0.2) is 13.8 Å². The van der Waals surface area contributed by atoms with Gasteiger partial charge in [0.25, 0.3) is 0 Å². The van der Waals surface area contributed by atoms with Gasteiger partial charge >= 0.3 is 0 Å². The van der Waals surface area contributed by atoms with Gasteiger partial charge in [-0.15, -0.1) is 0 Å². The van der Waals surface area contributed by atoms with E-state index >= 15 is 0 Å². The zero-order valence-electron chi connectivity index (χ0n) is 9.74. The first-order valence-electron chi connectivity index (χ1n) is 5.16. The number of amidine groups is 1. The van der Waals surface area contributed by atoms with Crippen LogP contribution in [0.3, 0.4) is 0 Å². The molecule has 0 heterocycles. The van der Waals surface area contributed by atoms with Crippen LogP contribution in [0.4, 0.5) is 14.5 Å². The molecule has 0 aliphatic heterocycles. The van der Waals surface area contributed by atoms with Gasteiger partial charge in [-0.3, -0.25) is 0 Å². The van der Waals surface area contributed by atoms with Crippen LogP contribution in [0.5, 0.6) is 0 Å². The Labute approximate surface area is 98.8 Å². The van der Waals surface area contributed by atoms with Crippen LogP contribution in [0, 0.1) is 17.6 Å². The molecule has 92 valence electrons. The van der Waals surface area contributed by atoms with E-state index in [0.717, 1.165) is 12.1 Å². The number of halogens is 2. The molecule has 0 radical (unpaired) electrons. The Bertz CT molecular complexity index is 465. The van der Waals surface area contributed by atoms with Gasteiger partial charge < -0.3 is 11.5 Å². The molecule has 1 rings (SSSR count). The van der Waals surface area contributed by atoms with Crippen molar-refractivity contribution in [1.29, 1.82) is 0 Å². The van der Waals surface area contributed by atoms with Gasteiger partial charge in [0.05, 0.1) is 5.69 Å². The fourth-order valence-electron chi connectivity index (χ4n) is 1.07. The molecule has 0 atom stereocenters. The minimum Gasteiger partial charge on any atom is -0.402 e. The molecule has 17 heavy (non-hydrogen) atoms. The van der Waals surface area contributed by atoms with Crippen molar-refractivity contribution in [1.82, 2.24) is 0 Å². The van der Waals surface area contributed by atoms with E-state index in [9.17, 15) is 8.78 Å². The van der Waals surface area contributed by atoms with Crippen LogP contribution in [0.2, 0.25) is 0 Å². The molecule has 3 nitrogen and oxygen atoms in total. The molecule has 0 saturated heterocycles. The summed E-state index contributed by atoms with van der Waals surface area (Å²) in [5.41, 5.74) is 12.1. The highest BCUT2D eigenvalue weighted by Gasteiger charge is 2.02. The van der Waals surface area contributed by atoms with Gasteiger partial charge in [0, 0.05) is 11.8 Å². The quantitative estimate of drug-likeness (QED) is 0.628. The first-order valence-corrected chi connectivity index (χ1v) is 5.16. The molecule has 0 aliphatic carbocycles. The van der Waals surface area contributed by atoms with Gasteiger partial charge in [0.1, 0.15) is 5.84 Å². The summed E-state index contributed by atoms with van der Waals surface area (Å²) >= 11 is 0. The van der Waals surface area contributed by atoms with Crippen LogP contribution in [-0.4, -0.2) is 5.84 Å². The summed E-state index contributed by atoms with van der Waals surface area (Å²) in [5, 5.41) is 0. The Morgan fingerprint density at radius 1 is 1.24 bits per heavy atom. The highest BCUT2D eigenvalue weighted by atomic mass is 19.2.